The normalized spacial score (nSPS) is 24.5. The molecule has 180 valence electrons. The molecule has 2 aromatic carbocycles. The fourth-order valence-electron chi connectivity index (χ4n) is 5.59. The number of fused-ring (bicyclic) bond motifs is 1. The van der Waals surface area contributed by atoms with Gasteiger partial charge in [-0.2, -0.15) is 0 Å². The van der Waals surface area contributed by atoms with Crippen molar-refractivity contribution in [3.05, 3.63) is 42.0 Å². The third kappa shape index (κ3) is 6.29. The fourth-order valence-corrected chi connectivity index (χ4v) is 5.59. The average molecular weight is 452 g/mol. The first-order valence-electron chi connectivity index (χ1n) is 12.9. The number of hydrogen-bond acceptors (Lipinski definition) is 4. The van der Waals surface area contributed by atoms with Gasteiger partial charge in [0.15, 0.2) is 0 Å². The molecule has 4 rings (SSSR count). The molecule has 33 heavy (non-hydrogen) atoms. The Balaban J connectivity index is 1.35. The van der Waals surface area contributed by atoms with Crippen LogP contribution in [0.4, 0.5) is 0 Å². The van der Waals surface area contributed by atoms with Crippen LogP contribution in [0.15, 0.2) is 36.4 Å². The lowest BCUT2D eigenvalue weighted by Gasteiger charge is -2.37. The van der Waals surface area contributed by atoms with E-state index in [2.05, 4.69) is 62.1 Å². The Labute approximate surface area is 199 Å². The molecule has 1 aliphatic heterocycles. The molecule has 0 amide bonds. The molecule has 0 radical (unpaired) electrons. The fraction of sp³-hybridized carbons (Fsp3) is 0.621. The third-order valence-electron chi connectivity index (χ3n) is 7.61. The topological polar surface area (TPSA) is 38.8 Å². The molecule has 0 aromatic heterocycles. The number of benzene rings is 2. The zero-order valence-electron chi connectivity index (χ0n) is 20.9. The maximum Gasteiger partial charge on any atom is 0.310 e. The molecule has 1 unspecified atom stereocenters. The van der Waals surface area contributed by atoms with Gasteiger partial charge in [-0.3, -0.25) is 9.69 Å². The summed E-state index contributed by atoms with van der Waals surface area (Å²) in [6.45, 7) is 12.1. The highest BCUT2D eigenvalue weighted by Gasteiger charge is 2.30. The largest absolute Gasteiger partial charge is 0.490 e. The molecule has 1 heterocycles. The van der Waals surface area contributed by atoms with Crippen molar-refractivity contribution in [2.24, 2.45) is 17.3 Å². The molecule has 0 bridgehead atoms. The highest BCUT2D eigenvalue weighted by molar-refractivity contribution is 5.84. The van der Waals surface area contributed by atoms with Crippen molar-refractivity contribution in [1.29, 1.82) is 0 Å². The molecule has 2 aromatic rings. The van der Waals surface area contributed by atoms with Gasteiger partial charge in [0.25, 0.3) is 0 Å². The van der Waals surface area contributed by atoms with Crippen LogP contribution in [0.3, 0.4) is 0 Å². The van der Waals surface area contributed by atoms with E-state index in [-0.39, 0.29) is 11.9 Å². The van der Waals surface area contributed by atoms with Crippen molar-refractivity contribution in [3.8, 4) is 5.75 Å². The minimum atomic E-state index is -0.0415. The standard InChI is InChI=1S/C29H41NO3/c1-5-32-28(31)24-7-6-16-30(20-24)19-21-8-9-23-18-27(13-10-22(23)17-21)33-26-14-11-25(12-15-26)29(2,3)4/h8-10,13,17-18,24-26H,5-7,11-12,14-16,19-20H2,1-4H3. The van der Waals surface area contributed by atoms with Gasteiger partial charge < -0.3 is 9.47 Å². The van der Waals surface area contributed by atoms with Crippen LogP contribution >= 0.6 is 0 Å². The summed E-state index contributed by atoms with van der Waals surface area (Å²) in [5.41, 5.74) is 1.70. The Morgan fingerprint density at radius 3 is 2.45 bits per heavy atom. The van der Waals surface area contributed by atoms with Crippen LogP contribution in [0.2, 0.25) is 0 Å². The summed E-state index contributed by atoms with van der Waals surface area (Å²) >= 11 is 0. The Kier molecular flexibility index (Phi) is 7.63. The van der Waals surface area contributed by atoms with Crippen molar-refractivity contribution in [3.63, 3.8) is 0 Å². The van der Waals surface area contributed by atoms with Gasteiger partial charge >= 0.3 is 5.97 Å². The second kappa shape index (κ2) is 10.5. The predicted octanol–water partition coefficient (Wildman–Crippen LogP) is 6.60. The molecule has 1 saturated carbocycles. The first kappa shape index (κ1) is 24.1. The van der Waals surface area contributed by atoms with E-state index in [1.165, 1.54) is 29.2 Å². The molecule has 2 fully saturated rings. The predicted molar refractivity (Wildman–Crippen MR) is 134 cm³/mol. The molecule has 4 heteroatoms. The lowest BCUT2D eigenvalue weighted by atomic mass is 9.72. The van der Waals surface area contributed by atoms with Crippen LogP contribution in [0.1, 0.15) is 71.8 Å². The highest BCUT2D eigenvalue weighted by Crippen LogP contribution is 2.39. The van der Waals surface area contributed by atoms with E-state index in [9.17, 15) is 4.79 Å². The lowest BCUT2D eigenvalue weighted by Crippen LogP contribution is -2.38. The van der Waals surface area contributed by atoms with E-state index in [1.54, 1.807) is 0 Å². The summed E-state index contributed by atoms with van der Waals surface area (Å²) < 4.78 is 11.6. The summed E-state index contributed by atoms with van der Waals surface area (Å²) in [5.74, 6) is 1.76. The number of piperidine rings is 1. The van der Waals surface area contributed by atoms with Crippen molar-refractivity contribution >= 4 is 16.7 Å². The van der Waals surface area contributed by atoms with Crippen LogP contribution in [0, 0.1) is 17.3 Å². The Morgan fingerprint density at radius 2 is 1.73 bits per heavy atom. The second-order valence-electron chi connectivity index (χ2n) is 11.1. The van der Waals surface area contributed by atoms with E-state index < -0.39 is 0 Å². The number of carbonyl (C=O) groups excluding carboxylic acids is 1. The van der Waals surface area contributed by atoms with Gasteiger partial charge in [0.1, 0.15) is 5.75 Å². The lowest BCUT2D eigenvalue weighted by molar-refractivity contribution is -0.150. The van der Waals surface area contributed by atoms with Crippen LogP contribution in [-0.2, 0) is 16.1 Å². The summed E-state index contributed by atoms with van der Waals surface area (Å²) in [6, 6.07) is 13.2. The van der Waals surface area contributed by atoms with Crippen molar-refractivity contribution in [2.75, 3.05) is 19.7 Å². The van der Waals surface area contributed by atoms with Gasteiger partial charge in [-0.1, -0.05) is 39.0 Å². The second-order valence-corrected chi connectivity index (χ2v) is 11.1. The SMILES string of the molecule is CCOC(=O)C1CCCN(Cc2ccc3cc(OC4CCC(C(C)(C)C)CC4)ccc3c2)C1. The van der Waals surface area contributed by atoms with Gasteiger partial charge in [-0.25, -0.2) is 0 Å². The summed E-state index contributed by atoms with van der Waals surface area (Å²) in [5, 5.41) is 2.47. The monoisotopic (exact) mass is 451 g/mol. The van der Waals surface area contributed by atoms with Crippen LogP contribution in [-0.4, -0.2) is 36.7 Å². The van der Waals surface area contributed by atoms with Gasteiger partial charge in [0.2, 0.25) is 0 Å². The van der Waals surface area contributed by atoms with Gasteiger partial charge in [-0.05, 0) is 97.9 Å². The molecule has 1 saturated heterocycles. The molecule has 4 nitrogen and oxygen atoms in total. The Morgan fingerprint density at radius 1 is 1.00 bits per heavy atom. The van der Waals surface area contributed by atoms with Gasteiger partial charge in [0.05, 0.1) is 18.6 Å². The first-order chi connectivity index (χ1) is 15.8. The zero-order chi connectivity index (χ0) is 23.4. The molecular weight excluding hydrogens is 410 g/mol. The molecule has 0 spiro atoms. The summed E-state index contributed by atoms with van der Waals surface area (Å²) in [4.78, 5) is 14.5. The minimum absolute atomic E-state index is 0.0114. The smallest absolute Gasteiger partial charge is 0.310 e. The molecule has 1 aliphatic carbocycles. The number of likely N-dealkylation sites (tertiary alicyclic amines) is 1. The van der Waals surface area contributed by atoms with E-state index >= 15 is 0 Å². The quantitative estimate of drug-likeness (QED) is 0.464. The zero-order valence-corrected chi connectivity index (χ0v) is 20.9. The minimum Gasteiger partial charge on any atom is -0.490 e. The molecule has 0 N–H and O–H groups in total. The van der Waals surface area contributed by atoms with E-state index in [0.29, 0.717) is 18.1 Å². The molecule has 1 atom stereocenters. The number of nitrogens with zero attached hydrogens (tertiary/aromatic N) is 1. The summed E-state index contributed by atoms with van der Waals surface area (Å²) in [6.07, 6.45) is 7.16. The van der Waals surface area contributed by atoms with E-state index in [4.69, 9.17) is 9.47 Å². The Bertz CT molecular complexity index is 940. The maximum atomic E-state index is 12.1. The maximum absolute atomic E-state index is 12.1. The van der Waals surface area contributed by atoms with Gasteiger partial charge in [0, 0.05) is 13.1 Å². The van der Waals surface area contributed by atoms with Crippen molar-refractivity contribution in [1.82, 2.24) is 4.90 Å². The number of carbonyl (C=O) groups is 1. The van der Waals surface area contributed by atoms with Crippen molar-refractivity contribution < 1.29 is 14.3 Å². The molecule has 2 aliphatic rings. The van der Waals surface area contributed by atoms with Crippen molar-refractivity contribution in [2.45, 2.75) is 78.9 Å². The van der Waals surface area contributed by atoms with Crippen LogP contribution in [0.5, 0.6) is 5.75 Å². The van der Waals surface area contributed by atoms with E-state index in [1.807, 2.05) is 6.92 Å². The Hall–Kier alpha value is -2.07. The highest BCUT2D eigenvalue weighted by atomic mass is 16.5. The third-order valence-corrected chi connectivity index (χ3v) is 7.61. The number of ether oxygens (including phenoxy) is 2. The van der Waals surface area contributed by atoms with Crippen LogP contribution < -0.4 is 4.74 Å². The average Bonchev–Trinajstić information content (AvgIpc) is 2.79. The number of esters is 1. The van der Waals surface area contributed by atoms with Crippen LogP contribution in [0.25, 0.3) is 10.8 Å². The van der Waals surface area contributed by atoms with Gasteiger partial charge in [-0.15, -0.1) is 0 Å². The van der Waals surface area contributed by atoms with E-state index in [0.717, 1.165) is 57.0 Å². The number of hydrogen-bond donors (Lipinski definition) is 0. The first-order valence-corrected chi connectivity index (χ1v) is 12.9. The number of rotatable bonds is 6. The summed E-state index contributed by atoms with van der Waals surface area (Å²) in [7, 11) is 0. The molecular formula is C29H41NO3.